The van der Waals surface area contributed by atoms with E-state index in [1.54, 1.807) is 30.3 Å². The Hall–Kier alpha value is -2.74. The van der Waals surface area contributed by atoms with Gasteiger partial charge in [0.05, 0.1) is 5.56 Å². The molecule has 0 saturated carbocycles. The number of rotatable bonds is 7. The lowest BCUT2D eigenvalue weighted by atomic mass is 10.2. The van der Waals surface area contributed by atoms with Crippen LogP contribution >= 0.6 is 15.9 Å². The van der Waals surface area contributed by atoms with Crippen molar-refractivity contribution in [2.75, 3.05) is 18.1 Å². The van der Waals surface area contributed by atoms with Gasteiger partial charge in [0.1, 0.15) is 5.82 Å². The lowest BCUT2D eigenvalue weighted by molar-refractivity contribution is -0.121. The summed E-state index contributed by atoms with van der Waals surface area (Å²) in [7, 11) is 0. The van der Waals surface area contributed by atoms with Crippen molar-refractivity contribution in [1.29, 1.82) is 0 Å². The van der Waals surface area contributed by atoms with Gasteiger partial charge in [-0.2, -0.15) is 0 Å². The van der Waals surface area contributed by atoms with Gasteiger partial charge in [-0.05, 0) is 30.3 Å². The summed E-state index contributed by atoms with van der Waals surface area (Å²) < 4.78 is 19.1. The van der Waals surface area contributed by atoms with Crippen molar-refractivity contribution < 1.29 is 23.5 Å². The van der Waals surface area contributed by atoms with Crippen molar-refractivity contribution in [3.05, 3.63) is 64.4 Å². The number of carbonyl (C=O) groups is 3. The molecule has 0 bridgehead atoms. The molecule has 0 unspecified atom stereocenters. The lowest BCUT2D eigenvalue weighted by Crippen LogP contribution is -2.37. The minimum absolute atomic E-state index is 0.0426. The Labute approximate surface area is 157 Å². The van der Waals surface area contributed by atoms with Crippen molar-refractivity contribution in [3.63, 3.8) is 0 Å². The summed E-state index contributed by atoms with van der Waals surface area (Å²) in [6, 6.07) is 12.4. The third kappa shape index (κ3) is 5.38. The molecule has 0 aromatic heterocycles. The maximum atomic E-state index is 13.7. The van der Waals surface area contributed by atoms with Gasteiger partial charge < -0.3 is 15.4 Å². The van der Waals surface area contributed by atoms with Gasteiger partial charge in [0, 0.05) is 23.1 Å². The van der Waals surface area contributed by atoms with E-state index in [1.165, 1.54) is 17.0 Å². The summed E-state index contributed by atoms with van der Waals surface area (Å²) >= 11 is 3.14. The fraction of sp³-hybridized carbons (Fsp3) is 0.167. The van der Waals surface area contributed by atoms with E-state index in [9.17, 15) is 18.8 Å². The van der Waals surface area contributed by atoms with Gasteiger partial charge in [-0.3, -0.25) is 9.59 Å². The van der Waals surface area contributed by atoms with Crippen molar-refractivity contribution in [2.24, 2.45) is 5.73 Å². The van der Waals surface area contributed by atoms with Crippen LogP contribution in [0, 0.1) is 5.82 Å². The maximum absolute atomic E-state index is 13.7. The minimum atomic E-state index is -0.958. The first kappa shape index (κ1) is 19.6. The van der Waals surface area contributed by atoms with Gasteiger partial charge in [0.15, 0.2) is 6.61 Å². The average Bonchev–Trinajstić information content (AvgIpc) is 2.62. The zero-order valence-electron chi connectivity index (χ0n) is 13.7. The van der Waals surface area contributed by atoms with Crippen LogP contribution in [0.5, 0.6) is 0 Å². The standard InChI is InChI=1S/C18H16BrFN2O4/c19-12-6-7-15(20)14(10-12)18(25)26-11-17(24)22(9-8-16(21)23)13-4-2-1-3-5-13/h1-7,10H,8-9,11H2,(H2,21,23). The molecular weight excluding hydrogens is 407 g/mol. The fourth-order valence-corrected chi connectivity index (χ4v) is 2.53. The van der Waals surface area contributed by atoms with Crippen LogP contribution in [-0.4, -0.2) is 30.9 Å². The smallest absolute Gasteiger partial charge is 0.341 e. The predicted molar refractivity (Wildman–Crippen MR) is 97.0 cm³/mol. The lowest BCUT2D eigenvalue weighted by Gasteiger charge is -2.22. The molecule has 0 fully saturated rings. The number of ether oxygens (including phenoxy) is 1. The molecule has 2 amide bonds. The van der Waals surface area contributed by atoms with Crippen LogP contribution in [0.15, 0.2) is 53.0 Å². The summed E-state index contributed by atoms with van der Waals surface area (Å²) in [4.78, 5) is 36.8. The Morgan fingerprint density at radius 2 is 1.81 bits per heavy atom. The number of carbonyl (C=O) groups excluding carboxylic acids is 3. The number of para-hydroxylation sites is 1. The number of amides is 2. The third-order valence-electron chi connectivity index (χ3n) is 3.43. The second-order valence-corrected chi connectivity index (χ2v) is 6.21. The highest BCUT2D eigenvalue weighted by molar-refractivity contribution is 9.10. The average molecular weight is 423 g/mol. The number of halogens is 2. The molecule has 2 N–H and O–H groups in total. The Kier molecular flexibility index (Phi) is 6.85. The van der Waals surface area contributed by atoms with Crippen molar-refractivity contribution in [3.8, 4) is 0 Å². The van der Waals surface area contributed by atoms with Crippen LogP contribution in [0.4, 0.5) is 10.1 Å². The summed E-state index contributed by atoms with van der Waals surface area (Å²) in [5.41, 5.74) is 5.39. The van der Waals surface area contributed by atoms with E-state index in [1.807, 2.05) is 0 Å². The molecule has 0 radical (unpaired) electrons. The van der Waals surface area contributed by atoms with Gasteiger partial charge >= 0.3 is 5.97 Å². The number of hydrogen-bond acceptors (Lipinski definition) is 4. The van der Waals surface area contributed by atoms with Crippen LogP contribution in [0.25, 0.3) is 0 Å². The van der Waals surface area contributed by atoms with Crippen LogP contribution in [-0.2, 0) is 14.3 Å². The first-order chi connectivity index (χ1) is 12.4. The quantitative estimate of drug-likeness (QED) is 0.694. The van der Waals surface area contributed by atoms with Crippen molar-refractivity contribution in [2.45, 2.75) is 6.42 Å². The van der Waals surface area contributed by atoms with Crippen molar-refractivity contribution >= 4 is 39.4 Å². The molecule has 0 atom stereocenters. The Bertz CT molecular complexity index is 814. The summed E-state index contributed by atoms with van der Waals surface area (Å²) in [5, 5.41) is 0. The molecule has 0 heterocycles. The molecule has 0 spiro atoms. The van der Waals surface area contributed by atoms with Gasteiger partial charge in [0.25, 0.3) is 5.91 Å². The number of primary amides is 1. The Balaban J connectivity index is 2.07. The van der Waals surface area contributed by atoms with E-state index in [-0.39, 0.29) is 18.5 Å². The van der Waals surface area contributed by atoms with E-state index in [4.69, 9.17) is 10.5 Å². The molecular formula is C18H16BrFN2O4. The summed E-state index contributed by atoms with van der Waals surface area (Å²) in [6.07, 6.45) is -0.0468. The normalized spacial score (nSPS) is 10.2. The van der Waals surface area contributed by atoms with Crippen LogP contribution in [0.3, 0.4) is 0 Å². The SMILES string of the molecule is NC(=O)CCN(C(=O)COC(=O)c1cc(Br)ccc1F)c1ccccc1. The molecule has 0 aliphatic carbocycles. The zero-order valence-corrected chi connectivity index (χ0v) is 15.2. The fourth-order valence-electron chi connectivity index (χ4n) is 2.16. The Morgan fingerprint density at radius 3 is 2.46 bits per heavy atom. The van der Waals surface area contributed by atoms with Gasteiger partial charge in [0.2, 0.25) is 5.91 Å². The Morgan fingerprint density at radius 1 is 1.12 bits per heavy atom. The maximum Gasteiger partial charge on any atom is 0.341 e. The molecule has 26 heavy (non-hydrogen) atoms. The van der Waals surface area contributed by atoms with Crippen LogP contribution < -0.4 is 10.6 Å². The molecule has 2 rings (SSSR count). The molecule has 8 heteroatoms. The number of anilines is 1. The van der Waals surface area contributed by atoms with Gasteiger partial charge in [-0.15, -0.1) is 0 Å². The minimum Gasteiger partial charge on any atom is -0.452 e. The van der Waals surface area contributed by atoms with Crippen molar-refractivity contribution in [1.82, 2.24) is 0 Å². The highest BCUT2D eigenvalue weighted by Crippen LogP contribution is 2.17. The van der Waals surface area contributed by atoms with Gasteiger partial charge in [-0.25, -0.2) is 9.18 Å². The first-order valence-electron chi connectivity index (χ1n) is 7.64. The van der Waals surface area contributed by atoms with E-state index in [2.05, 4.69) is 15.9 Å². The van der Waals surface area contributed by atoms with E-state index >= 15 is 0 Å². The summed E-state index contributed by atoms with van der Waals surface area (Å²) in [6.45, 7) is -0.556. The molecule has 0 aliphatic heterocycles. The van der Waals surface area contributed by atoms with E-state index < -0.39 is 30.2 Å². The highest BCUT2D eigenvalue weighted by Gasteiger charge is 2.20. The molecule has 6 nitrogen and oxygen atoms in total. The predicted octanol–water partition coefficient (Wildman–Crippen LogP) is 2.65. The number of nitrogens with two attached hydrogens (primary N) is 1. The van der Waals surface area contributed by atoms with Gasteiger partial charge in [-0.1, -0.05) is 34.1 Å². The van der Waals surface area contributed by atoms with E-state index in [0.717, 1.165) is 6.07 Å². The number of hydrogen-bond donors (Lipinski definition) is 1. The third-order valence-corrected chi connectivity index (χ3v) is 3.92. The zero-order chi connectivity index (χ0) is 19.1. The van der Waals surface area contributed by atoms with Crippen LogP contribution in [0.1, 0.15) is 16.8 Å². The van der Waals surface area contributed by atoms with Crippen LogP contribution in [0.2, 0.25) is 0 Å². The monoisotopic (exact) mass is 422 g/mol. The number of benzene rings is 2. The topological polar surface area (TPSA) is 89.7 Å². The first-order valence-corrected chi connectivity index (χ1v) is 8.43. The number of nitrogens with zero attached hydrogens (tertiary/aromatic N) is 1. The molecule has 2 aromatic rings. The summed E-state index contributed by atoms with van der Waals surface area (Å²) in [5.74, 6) is -2.83. The second kappa shape index (κ2) is 9.10. The van der Waals surface area contributed by atoms with E-state index in [0.29, 0.717) is 10.2 Å². The molecule has 0 saturated heterocycles. The highest BCUT2D eigenvalue weighted by atomic mass is 79.9. The molecule has 136 valence electrons. The number of esters is 1. The largest absolute Gasteiger partial charge is 0.452 e. The molecule has 0 aliphatic rings. The molecule has 2 aromatic carbocycles. The second-order valence-electron chi connectivity index (χ2n) is 5.30.